The molecule has 0 N–H and O–H groups in total. The van der Waals surface area contributed by atoms with Crippen LogP contribution in [-0.4, -0.2) is 7.11 Å². The molecule has 0 aromatic heterocycles. The molecule has 1 aromatic rings. The van der Waals surface area contributed by atoms with Gasteiger partial charge in [0.05, 0.1) is 11.6 Å². The number of hydrogen-bond donors (Lipinski definition) is 1. The van der Waals surface area contributed by atoms with Crippen molar-refractivity contribution < 1.29 is 4.74 Å². The standard InChI is InChI=1S/C8H9BrOS/c1-10-8-6(5-11)3-2-4-7(8)9/h2-4,11H,5H2,1H3. The van der Waals surface area contributed by atoms with Gasteiger partial charge in [-0.15, -0.1) is 0 Å². The molecule has 60 valence electrons. The summed E-state index contributed by atoms with van der Waals surface area (Å²) in [5.74, 6) is 1.57. The topological polar surface area (TPSA) is 9.23 Å². The summed E-state index contributed by atoms with van der Waals surface area (Å²) in [5, 5.41) is 0. The Hall–Kier alpha value is -0.150. The van der Waals surface area contributed by atoms with E-state index in [1.54, 1.807) is 7.11 Å². The first-order chi connectivity index (χ1) is 5.29. The molecule has 0 atom stereocenters. The summed E-state index contributed by atoms with van der Waals surface area (Å²) in [6.07, 6.45) is 0. The van der Waals surface area contributed by atoms with E-state index in [9.17, 15) is 0 Å². The molecule has 0 aliphatic heterocycles. The molecule has 0 fully saturated rings. The average Bonchev–Trinajstić information content (AvgIpc) is 2.04. The van der Waals surface area contributed by atoms with Gasteiger partial charge in [0.15, 0.2) is 0 Å². The van der Waals surface area contributed by atoms with Crippen molar-refractivity contribution in [3.8, 4) is 5.75 Å². The maximum atomic E-state index is 5.17. The molecule has 3 heteroatoms. The van der Waals surface area contributed by atoms with Crippen LogP contribution in [0.2, 0.25) is 0 Å². The van der Waals surface area contributed by atoms with E-state index in [-0.39, 0.29) is 0 Å². The van der Waals surface area contributed by atoms with E-state index in [4.69, 9.17) is 4.74 Å². The number of halogens is 1. The van der Waals surface area contributed by atoms with Crippen LogP contribution < -0.4 is 4.74 Å². The normalized spacial score (nSPS) is 9.73. The number of hydrogen-bond acceptors (Lipinski definition) is 2. The second-order valence-corrected chi connectivity index (χ2v) is 3.26. The minimum Gasteiger partial charge on any atom is -0.495 e. The molecular formula is C8H9BrOS. The molecule has 0 amide bonds. The zero-order valence-corrected chi connectivity index (χ0v) is 8.65. The quantitative estimate of drug-likeness (QED) is 0.772. The van der Waals surface area contributed by atoms with Crippen LogP contribution >= 0.6 is 28.6 Å². The molecule has 1 nitrogen and oxygen atoms in total. The number of rotatable bonds is 2. The summed E-state index contributed by atoms with van der Waals surface area (Å²) in [4.78, 5) is 0. The van der Waals surface area contributed by atoms with E-state index in [2.05, 4.69) is 28.6 Å². The van der Waals surface area contributed by atoms with Crippen molar-refractivity contribution in [2.24, 2.45) is 0 Å². The van der Waals surface area contributed by atoms with Crippen LogP contribution in [0.1, 0.15) is 5.56 Å². The Morgan fingerprint density at radius 3 is 2.73 bits per heavy atom. The van der Waals surface area contributed by atoms with Crippen LogP contribution in [0.15, 0.2) is 22.7 Å². The summed E-state index contributed by atoms with van der Waals surface area (Å²) >= 11 is 7.57. The minimum absolute atomic E-state index is 0.697. The molecule has 0 aliphatic carbocycles. The lowest BCUT2D eigenvalue weighted by Crippen LogP contribution is -1.89. The molecule has 0 unspecified atom stereocenters. The molecule has 0 heterocycles. The van der Waals surface area contributed by atoms with Crippen molar-refractivity contribution in [2.45, 2.75) is 5.75 Å². The summed E-state index contributed by atoms with van der Waals surface area (Å²) in [7, 11) is 1.66. The van der Waals surface area contributed by atoms with Crippen molar-refractivity contribution >= 4 is 28.6 Å². The third-order valence-corrected chi connectivity index (χ3v) is 2.39. The molecule has 0 spiro atoms. The van der Waals surface area contributed by atoms with Gasteiger partial charge in [0.1, 0.15) is 5.75 Å². The molecular weight excluding hydrogens is 224 g/mol. The van der Waals surface area contributed by atoms with Crippen LogP contribution in [-0.2, 0) is 5.75 Å². The minimum atomic E-state index is 0.697. The second-order valence-electron chi connectivity index (χ2n) is 2.09. The maximum Gasteiger partial charge on any atom is 0.137 e. The van der Waals surface area contributed by atoms with E-state index in [1.165, 1.54) is 0 Å². The molecule has 1 aromatic carbocycles. The van der Waals surface area contributed by atoms with Gasteiger partial charge in [0, 0.05) is 11.3 Å². The highest BCUT2D eigenvalue weighted by Gasteiger charge is 2.03. The zero-order chi connectivity index (χ0) is 8.27. The Morgan fingerprint density at radius 2 is 2.27 bits per heavy atom. The van der Waals surface area contributed by atoms with Crippen LogP contribution in [0.25, 0.3) is 0 Å². The molecule has 0 aliphatic rings. The third kappa shape index (κ3) is 1.91. The number of thiol groups is 1. The Labute approximate surface area is 80.3 Å². The van der Waals surface area contributed by atoms with Crippen molar-refractivity contribution in [3.63, 3.8) is 0 Å². The van der Waals surface area contributed by atoms with Crippen LogP contribution in [0, 0.1) is 0 Å². The Balaban J connectivity index is 3.13. The Kier molecular flexibility index (Phi) is 3.27. The highest BCUT2D eigenvalue weighted by atomic mass is 79.9. The van der Waals surface area contributed by atoms with Crippen molar-refractivity contribution in [2.75, 3.05) is 7.11 Å². The van der Waals surface area contributed by atoms with Crippen molar-refractivity contribution in [1.29, 1.82) is 0 Å². The molecule has 0 saturated carbocycles. The van der Waals surface area contributed by atoms with Gasteiger partial charge in [-0.05, 0) is 22.0 Å². The Morgan fingerprint density at radius 1 is 1.55 bits per heavy atom. The van der Waals surface area contributed by atoms with E-state index in [0.29, 0.717) is 5.75 Å². The van der Waals surface area contributed by atoms with Crippen molar-refractivity contribution in [1.82, 2.24) is 0 Å². The van der Waals surface area contributed by atoms with Gasteiger partial charge in [-0.25, -0.2) is 0 Å². The molecule has 0 bridgehead atoms. The molecule has 1 rings (SSSR count). The summed E-state index contributed by atoms with van der Waals surface area (Å²) in [6, 6.07) is 5.92. The van der Waals surface area contributed by atoms with Gasteiger partial charge >= 0.3 is 0 Å². The van der Waals surface area contributed by atoms with Gasteiger partial charge in [-0.2, -0.15) is 12.6 Å². The fraction of sp³-hybridized carbons (Fsp3) is 0.250. The zero-order valence-electron chi connectivity index (χ0n) is 6.17. The SMILES string of the molecule is COc1c(Br)cccc1CS. The van der Waals surface area contributed by atoms with E-state index >= 15 is 0 Å². The van der Waals surface area contributed by atoms with Gasteiger partial charge in [-0.3, -0.25) is 0 Å². The van der Waals surface area contributed by atoms with E-state index in [1.807, 2.05) is 18.2 Å². The summed E-state index contributed by atoms with van der Waals surface area (Å²) in [6.45, 7) is 0. The summed E-state index contributed by atoms with van der Waals surface area (Å²) in [5.41, 5.74) is 1.10. The first-order valence-corrected chi connectivity index (χ1v) is 4.64. The highest BCUT2D eigenvalue weighted by Crippen LogP contribution is 2.29. The molecule has 0 saturated heterocycles. The lowest BCUT2D eigenvalue weighted by molar-refractivity contribution is 0.408. The Bertz CT molecular complexity index is 250. The van der Waals surface area contributed by atoms with Crippen molar-refractivity contribution in [3.05, 3.63) is 28.2 Å². The lowest BCUT2D eigenvalue weighted by Gasteiger charge is -2.06. The first-order valence-electron chi connectivity index (χ1n) is 3.22. The fourth-order valence-corrected chi connectivity index (χ4v) is 1.72. The molecule has 0 radical (unpaired) electrons. The smallest absolute Gasteiger partial charge is 0.137 e. The van der Waals surface area contributed by atoms with Gasteiger partial charge < -0.3 is 4.74 Å². The van der Waals surface area contributed by atoms with Gasteiger partial charge in [0.25, 0.3) is 0 Å². The predicted octanol–water partition coefficient (Wildman–Crippen LogP) is 2.89. The largest absolute Gasteiger partial charge is 0.495 e. The predicted molar refractivity (Wildman–Crippen MR) is 53.4 cm³/mol. The number of ether oxygens (including phenoxy) is 1. The first kappa shape index (κ1) is 8.94. The van der Waals surface area contributed by atoms with Gasteiger partial charge in [-0.1, -0.05) is 12.1 Å². The van der Waals surface area contributed by atoms with Gasteiger partial charge in [0.2, 0.25) is 0 Å². The number of methoxy groups -OCH3 is 1. The van der Waals surface area contributed by atoms with Crippen LogP contribution in [0.5, 0.6) is 5.75 Å². The third-order valence-electron chi connectivity index (χ3n) is 1.42. The van der Waals surface area contributed by atoms with Crippen LogP contribution in [0.4, 0.5) is 0 Å². The molecule has 11 heavy (non-hydrogen) atoms. The average molecular weight is 233 g/mol. The monoisotopic (exact) mass is 232 g/mol. The van der Waals surface area contributed by atoms with E-state index < -0.39 is 0 Å². The number of para-hydroxylation sites is 1. The van der Waals surface area contributed by atoms with E-state index in [0.717, 1.165) is 15.8 Å². The second kappa shape index (κ2) is 4.02. The fourth-order valence-electron chi connectivity index (χ4n) is 0.907. The maximum absolute atomic E-state index is 5.17. The lowest BCUT2D eigenvalue weighted by atomic mass is 10.2. The summed E-state index contributed by atoms with van der Waals surface area (Å²) < 4.78 is 6.15. The highest BCUT2D eigenvalue weighted by molar-refractivity contribution is 9.10. The number of benzene rings is 1. The van der Waals surface area contributed by atoms with Crippen LogP contribution in [0.3, 0.4) is 0 Å².